The van der Waals surface area contributed by atoms with E-state index in [1.807, 2.05) is 0 Å². The summed E-state index contributed by atoms with van der Waals surface area (Å²) >= 11 is 0. The number of aliphatic hydroxyl groups is 1. The molecule has 2 aromatic heterocycles. The Kier molecular flexibility index (Phi) is 8.97. The Bertz CT molecular complexity index is 1230. The Balaban J connectivity index is 1.87. The second kappa shape index (κ2) is 11.9. The lowest BCUT2D eigenvalue weighted by Crippen LogP contribution is -2.38. The Morgan fingerprint density at radius 2 is 1.77 bits per heavy atom. The van der Waals surface area contributed by atoms with Gasteiger partial charge in [-0.3, -0.25) is 13.9 Å². The van der Waals surface area contributed by atoms with Crippen molar-refractivity contribution in [2.24, 2.45) is 20.0 Å². The summed E-state index contributed by atoms with van der Waals surface area (Å²) < 4.78 is 14.9. The van der Waals surface area contributed by atoms with Crippen molar-refractivity contribution in [3.8, 4) is 11.5 Å². The van der Waals surface area contributed by atoms with E-state index in [1.54, 1.807) is 43.0 Å². The number of benzene rings is 1. The van der Waals surface area contributed by atoms with Crippen LogP contribution in [0.15, 0.2) is 33.9 Å². The third-order valence-electron chi connectivity index (χ3n) is 6.34. The van der Waals surface area contributed by atoms with Crippen molar-refractivity contribution in [1.82, 2.24) is 18.7 Å². The van der Waals surface area contributed by atoms with Crippen LogP contribution >= 0.6 is 0 Å². The molecule has 0 fully saturated rings. The number of rotatable bonds is 13. The molecule has 0 amide bonds. The second-order valence-corrected chi connectivity index (χ2v) is 8.86. The number of methoxy groups -OCH3 is 1. The van der Waals surface area contributed by atoms with Crippen LogP contribution in [-0.2, 0) is 20.6 Å². The van der Waals surface area contributed by atoms with Crippen LogP contribution in [0.2, 0.25) is 0 Å². The molecule has 2 atom stereocenters. The van der Waals surface area contributed by atoms with Gasteiger partial charge in [-0.2, -0.15) is 4.98 Å². The van der Waals surface area contributed by atoms with Crippen LogP contribution in [0.3, 0.4) is 0 Å². The predicted octanol–water partition coefficient (Wildman–Crippen LogP) is 2.51. The molecular formula is C25H37N5O5. The summed E-state index contributed by atoms with van der Waals surface area (Å²) in [5.41, 5.74) is -0.353. The van der Waals surface area contributed by atoms with Gasteiger partial charge in [0.1, 0.15) is 24.2 Å². The van der Waals surface area contributed by atoms with Crippen molar-refractivity contribution in [1.29, 1.82) is 0 Å². The molecule has 35 heavy (non-hydrogen) atoms. The summed E-state index contributed by atoms with van der Waals surface area (Å²) in [5.74, 6) is 2.22. The Hall–Kier alpha value is -3.27. The molecule has 0 aliphatic heterocycles. The van der Waals surface area contributed by atoms with Crippen LogP contribution < -0.4 is 26.0 Å². The highest BCUT2D eigenvalue weighted by molar-refractivity contribution is 5.74. The molecule has 2 N–H and O–H groups in total. The van der Waals surface area contributed by atoms with Crippen molar-refractivity contribution in [2.45, 2.75) is 52.2 Å². The van der Waals surface area contributed by atoms with Crippen molar-refractivity contribution < 1.29 is 14.6 Å². The van der Waals surface area contributed by atoms with Gasteiger partial charge in [-0.15, -0.1) is 0 Å². The van der Waals surface area contributed by atoms with E-state index < -0.39 is 17.4 Å². The van der Waals surface area contributed by atoms with E-state index >= 15 is 0 Å². The number of aliphatic hydroxyl groups excluding tert-OH is 1. The smallest absolute Gasteiger partial charge is 0.332 e. The van der Waals surface area contributed by atoms with Gasteiger partial charge in [-0.25, -0.2) is 4.79 Å². The quantitative estimate of drug-likeness (QED) is 0.381. The molecule has 0 spiro atoms. The number of hydrogen-bond donors (Lipinski definition) is 2. The SMILES string of the molecule is CCCCC(CC)CNc1nc2c(c(=O)n(C)c(=O)n2C)n1CC(O)COc1ccc(OC)cc1. The Labute approximate surface area is 205 Å². The first-order chi connectivity index (χ1) is 16.8. The number of fused-ring (bicyclic) bond motifs is 1. The van der Waals surface area contributed by atoms with Crippen molar-refractivity contribution in [2.75, 3.05) is 25.6 Å². The zero-order valence-electron chi connectivity index (χ0n) is 21.3. The van der Waals surface area contributed by atoms with Gasteiger partial charge < -0.3 is 24.5 Å². The maximum atomic E-state index is 13.0. The van der Waals surface area contributed by atoms with Gasteiger partial charge in [0.2, 0.25) is 5.95 Å². The van der Waals surface area contributed by atoms with E-state index in [9.17, 15) is 14.7 Å². The fourth-order valence-electron chi connectivity index (χ4n) is 4.07. The first-order valence-electron chi connectivity index (χ1n) is 12.2. The molecule has 3 rings (SSSR count). The molecule has 2 unspecified atom stereocenters. The van der Waals surface area contributed by atoms with Gasteiger partial charge in [0.25, 0.3) is 5.56 Å². The monoisotopic (exact) mass is 487 g/mol. The van der Waals surface area contributed by atoms with Crippen LogP contribution in [-0.4, -0.2) is 50.2 Å². The van der Waals surface area contributed by atoms with Crippen molar-refractivity contribution in [3.63, 3.8) is 0 Å². The molecule has 0 bridgehead atoms. The summed E-state index contributed by atoms with van der Waals surface area (Å²) in [6.07, 6.45) is 3.48. The number of nitrogens with zero attached hydrogens (tertiary/aromatic N) is 4. The van der Waals surface area contributed by atoms with Gasteiger partial charge in [-0.05, 0) is 36.6 Å². The van der Waals surface area contributed by atoms with Crippen LogP contribution in [0.1, 0.15) is 39.5 Å². The minimum absolute atomic E-state index is 0.0195. The first-order valence-corrected chi connectivity index (χ1v) is 12.2. The summed E-state index contributed by atoms with van der Waals surface area (Å²) in [6.45, 7) is 5.11. The van der Waals surface area contributed by atoms with Crippen LogP contribution in [0.4, 0.5) is 5.95 Å². The van der Waals surface area contributed by atoms with E-state index in [4.69, 9.17) is 9.47 Å². The summed E-state index contributed by atoms with van der Waals surface area (Å²) in [7, 11) is 4.62. The Morgan fingerprint density at radius 3 is 2.40 bits per heavy atom. The summed E-state index contributed by atoms with van der Waals surface area (Å²) in [5, 5.41) is 14.2. The second-order valence-electron chi connectivity index (χ2n) is 8.86. The molecule has 0 saturated heterocycles. The molecule has 0 aliphatic rings. The van der Waals surface area contributed by atoms with Gasteiger partial charge in [0, 0.05) is 20.6 Å². The largest absolute Gasteiger partial charge is 0.497 e. The van der Waals surface area contributed by atoms with Crippen molar-refractivity contribution in [3.05, 3.63) is 45.1 Å². The molecule has 2 heterocycles. The predicted molar refractivity (Wildman–Crippen MR) is 137 cm³/mol. The normalized spacial score (nSPS) is 13.1. The van der Waals surface area contributed by atoms with Crippen LogP contribution in [0.25, 0.3) is 11.2 Å². The third-order valence-corrected chi connectivity index (χ3v) is 6.34. The third kappa shape index (κ3) is 6.05. The fourth-order valence-corrected chi connectivity index (χ4v) is 4.07. The van der Waals surface area contributed by atoms with Crippen LogP contribution in [0.5, 0.6) is 11.5 Å². The number of aryl methyl sites for hydroxylation is 1. The number of ether oxygens (including phenoxy) is 2. The van der Waals surface area contributed by atoms with Crippen LogP contribution in [0, 0.1) is 5.92 Å². The zero-order chi connectivity index (χ0) is 25.5. The average Bonchev–Trinajstić information content (AvgIpc) is 3.23. The number of imidazole rings is 1. The van der Waals surface area contributed by atoms with E-state index in [2.05, 4.69) is 24.1 Å². The molecule has 0 radical (unpaired) electrons. The zero-order valence-corrected chi connectivity index (χ0v) is 21.3. The van der Waals surface area contributed by atoms with Gasteiger partial charge >= 0.3 is 5.69 Å². The first kappa shape index (κ1) is 26.3. The van der Waals surface area contributed by atoms with E-state index in [1.165, 1.54) is 11.6 Å². The maximum Gasteiger partial charge on any atom is 0.332 e. The van der Waals surface area contributed by atoms with Gasteiger partial charge in [-0.1, -0.05) is 33.1 Å². The average molecular weight is 488 g/mol. The molecule has 1 aromatic carbocycles. The number of aromatic nitrogens is 4. The standard InChI is InChI=1S/C25H37N5O5/c1-6-8-9-17(7-2)14-26-24-27-22-21(23(32)29(4)25(33)28(22)3)30(24)15-18(31)16-35-20-12-10-19(34-5)11-13-20/h10-13,17-18,31H,6-9,14-16H2,1-5H3,(H,26,27). The summed E-state index contributed by atoms with van der Waals surface area (Å²) in [6, 6.07) is 7.08. The highest BCUT2D eigenvalue weighted by Gasteiger charge is 2.22. The number of nitrogens with one attached hydrogen (secondary N) is 1. The topological polar surface area (TPSA) is 113 Å². The molecule has 0 saturated carbocycles. The molecule has 0 aliphatic carbocycles. The lowest BCUT2D eigenvalue weighted by atomic mass is 9.99. The van der Waals surface area contributed by atoms with Gasteiger partial charge in [0.05, 0.1) is 13.7 Å². The van der Waals surface area contributed by atoms with E-state index in [0.29, 0.717) is 29.9 Å². The minimum Gasteiger partial charge on any atom is -0.497 e. The molecule has 3 aromatic rings. The Morgan fingerprint density at radius 1 is 1.09 bits per heavy atom. The number of unbranched alkanes of at least 4 members (excludes halogenated alkanes) is 1. The number of hydrogen-bond acceptors (Lipinski definition) is 7. The molecule has 10 nitrogen and oxygen atoms in total. The van der Waals surface area contributed by atoms with Crippen molar-refractivity contribution >= 4 is 17.1 Å². The van der Waals surface area contributed by atoms with E-state index in [-0.39, 0.29) is 24.3 Å². The molecular weight excluding hydrogens is 450 g/mol. The number of anilines is 1. The maximum absolute atomic E-state index is 13.0. The van der Waals surface area contributed by atoms with E-state index in [0.717, 1.165) is 30.3 Å². The highest BCUT2D eigenvalue weighted by Crippen LogP contribution is 2.20. The lowest BCUT2D eigenvalue weighted by Gasteiger charge is -2.18. The fraction of sp³-hybridized carbons (Fsp3) is 0.560. The minimum atomic E-state index is -0.918. The molecule has 10 heteroatoms. The lowest BCUT2D eigenvalue weighted by molar-refractivity contribution is 0.0938. The molecule has 192 valence electrons. The van der Waals surface area contributed by atoms with Gasteiger partial charge in [0.15, 0.2) is 11.2 Å². The summed E-state index contributed by atoms with van der Waals surface area (Å²) in [4.78, 5) is 30.1. The highest BCUT2D eigenvalue weighted by atomic mass is 16.5.